The first-order chi connectivity index (χ1) is 9.04. The van der Waals surface area contributed by atoms with Gasteiger partial charge < -0.3 is 10.6 Å². The second kappa shape index (κ2) is 5.09. The Morgan fingerprint density at radius 3 is 2.53 bits per heavy atom. The quantitative estimate of drug-likeness (QED) is 0.917. The van der Waals surface area contributed by atoms with Crippen LogP contribution < -0.4 is 10.6 Å². The van der Waals surface area contributed by atoms with Crippen LogP contribution in [0.1, 0.15) is 17.3 Å². The molecule has 0 unspecified atom stereocenters. The maximum absolute atomic E-state index is 12.9. The average molecular weight is 262 g/mol. The molecule has 2 rings (SSSR count). The molecule has 1 heterocycles. The summed E-state index contributed by atoms with van der Waals surface area (Å²) in [5.74, 6) is -0.279. The normalized spacial score (nSPS) is 10.5. The molecule has 0 spiro atoms. The molecule has 100 valence electrons. The summed E-state index contributed by atoms with van der Waals surface area (Å²) in [6.07, 6.45) is 1.43. The van der Waals surface area contributed by atoms with E-state index in [0.717, 1.165) is 0 Å². The van der Waals surface area contributed by atoms with Crippen LogP contribution in [0.15, 0.2) is 30.5 Å². The number of anilines is 2. The third kappa shape index (κ3) is 2.42. The fraction of sp³-hybridized carbons (Fsp3) is 0.231. The molecular weight excluding hydrogens is 247 g/mol. The Balaban J connectivity index is 2.34. The van der Waals surface area contributed by atoms with Gasteiger partial charge in [-0.05, 0) is 31.2 Å². The number of halogens is 1. The highest BCUT2D eigenvalue weighted by atomic mass is 19.1. The topological polar surface area (TPSA) is 64.2 Å². The predicted octanol–water partition coefficient (Wildman–Crippen LogP) is 1.81. The number of nitrogen functional groups attached to an aromatic ring is 1. The molecule has 0 atom stereocenters. The molecule has 1 aromatic carbocycles. The van der Waals surface area contributed by atoms with Crippen molar-refractivity contribution in [2.75, 3.05) is 17.2 Å². The van der Waals surface area contributed by atoms with E-state index in [1.165, 1.54) is 27.9 Å². The summed E-state index contributed by atoms with van der Waals surface area (Å²) >= 11 is 0. The zero-order valence-corrected chi connectivity index (χ0v) is 10.8. The second-order valence-corrected chi connectivity index (χ2v) is 4.09. The number of hydrogen-bond acceptors (Lipinski definition) is 3. The molecule has 0 fully saturated rings. The van der Waals surface area contributed by atoms with Gasteiger partial charge in [0.15, 0.2) is 0 Å². The number of rotatable bonds is 3. The lowest BCUT2D eigenvalue weighted by molar-refractivity contribution is 0.0989. The van der Waals surface area contributed by atoms with E-state index in [2.05, 4.69) is 5.10 Å². The number of aryl methyl sites for hydroxylation is 1. The Kier molecular flexibility index (Phi) is 3.50. The highest BCUT2D eigenvalue weighted by Crippen LogP contribution is 2.20. The van der Waals surface area contributed by atoms with Crippen molar-refractivity contribution in [3.8, 4) is 0 Å². The summed E-state index contributed by atoms with van der Waals surface area (Å²) in [7, 11) is 1.67. The minimum absolute atomic E-state index is 0.250. The summed E-state index contributed by atoms with van der Waals surface area (Å²) in [6, 6.07) is 5.75. The van der Waals surface area contributed by atoms with Crippen LogP contribution in [0.5, 0.6) is 0 Å². The van der Waals surface area contributed by atoms with Crippen molar-refractivity contribution >= 4 is 17.4 Å². The average Bonchev–Trinajstić information content (AvgIpc) is 2.73. The van der Waals surface area contributed by atoms with E-state index in [1.807, 2.05) is 6.92 Å². The number of aromatic nitrogens is 2. The zero-order valence-electron chi connectivity index (χ0n) is 10.8. The molecular formula is C13H15FN4O. The van der Waals surface area contributed by atoms with E-state index in [1.54, 1.807) is 19.2 Å². The van der Waals surface area contributed by atoms with Gasteiger partial charge in [-0.25, -0.2) is 4.39 Å². The van der Waals surface area contributed by atoms with Crippen LogP contribution in [0.25, 0.3) is 0 Å². The van der Waals surface area contributed by atoms with Crippen molar-refractivity contribution in [2.24, 2.45) is 7.05 Å². The lowest BCUT2D eigenvalue weighted by atomic mass is 10.2. The third-order valence-electron chi connectivity index (χ3n) is 2.91. The van der Waals surface area contributed by atoms with Gasteiger partial charge in [-0.1, -0.05) is 0 Å². The zero-order chi connectivity index (χ0) is 14.0. The Morgan fingerprint density at radius 2 is 2.05 bits per heavy atom. The number of carbonyl (C=O) groups excluding carboxylic acids is 1. The molecule has 1 amide bonds. The number of carbonyl (C=O) groups is 1. The molecule has 2 N–H and O–H groups in total. The van der Waals surface area contributed by atoms with E-state index in [9.17, 15) is 9.18 Å². The maximum atomic E-state index is 12.9. The SMILES string of the molecule is CCN(C(=O)c1cnn(C)c1N)c1ccc(F)cc1. The molecule has 6 heteroatoms. The van der Waals surface area contributed by atoms with Crippen molar-refractivity contribution < 1.29 is 9.18 Å². The molecule has 1 aromatic heterocycles. The van der Waals surface area contributed by atoms with Crippen LogP contribution in [0.3, 0.4) is 0 Å². The Hall–Kier alpha value is -2.37. The Bertz CT molecular complexity index is 591. The molecule has 19 heavy (non-hydrogen) atoms. The molecule has 0 saturated heterocycles. The molecule has 2 aromatic rings. The summed E-state index contributed by atoms with van der Waals surface area (Å²) in [5.41, 5.74) is 6.75. The molecule has 0 radical (unpaired) electrons. The van der Waals surface area contributed by atoms with Gasteiger partial charge in [0.2, 0.25) is 0 Å². The smallest absolute Gasteiger partial charge is 0.263 e. The summed E-state index contributed by atoms with van der Waals surface area (Å²) in [4.78, 5) is 13.9. The Labute approximate surface area is 110 Å². The van der Waals surface area contributed by atoms with Crippen LogP contribution >= 0.6 is 0 Å². The lowest BCUT2D eigenvalue weighted by Gasteiger charge is -2.20. The summed E-state index contributed by atoms with van der Waals surface area (Å²) in [6.45, 7) is 2.30. The number of amides is 1. The monoisotopic (exact) mass is 262 g/mol. The predicted molar refractivity (Wildman–Crippen MR) is 71.4 cm³/mol. The first-order valence-electron chi connectivity index (χ1n) is 5.89. The van der Waals surface area contributed by atoms with Gasteiger partial charge >= 0.3 is 0 Å². The largest absolute Gasteiger partial charge is 0.383 e. The van der Waals surface area contributed by atoms with Gasteiger partial charge in [0.1, 0.15) is 17.2 Å². The molecule has 0 saturated carbocycles. The minimum atomic E-state index is -0.340. The van der Waals surface area contributed by atoms with Gasteiger partial charge in [0.25, 0.3) is 5.91 Å². The van der Waals surface area contributed by atoms with E-state index in [4.69, 9.17) is 5.73 Å². The van der Waals surface area contributed by atoms with Gasteiger partial charge in [-0.15, -0.1) is 0 Å². The van der Waals surface area contributed by atoms with Gasteiger partial charge in [0, 0.05) is 19.3 Å². The summed E-state index contributed by atoms with van der Waals surface area (Å²) in [5, 5.41) is 3.95. The first kappa shape index (κ1) is 13.1. The number of benzene rings is 1. The molecule has 0 aliphatic carbocycles. The van der Waals surface area contributed by atoms with Crippen LogP contribution in [-0.4, -0.2) is 22.2 Å². The summed E-state index contributed by atoms with van der Waals surface area (Å²) < 4.78 is 14.3. The van der Waals surface area contributed by atoms with Crippen LogP contribution in [0, 0.1) is 5.82 Å². The van der Waals surface area contributed by atoms with Crippen molar-refractivity contribution in [1.29, 1.82) is 0 Å². The maximum Gasteiger partial charge on any atom is 0.263 e. The number of nitrogens with two attached hydrogens (primary N) is 1. The standard InChI is InChI=1S/C13H15FN4O/c1-3-18(10-6-4-9(14)5-7-10)13(19)11-8-16-17(2)12(11)15/h4-8H,3,15H2,1-2H3. The van der Waals surface area contributed by atoms with E-state index >= 15 is 0 Å². The Morgan fingerprint density at radius 1 is 1.42 bits per heavy atom. The highest BCUT2D eigenvalue weighted by Gasteiger charge is 2.20. The number of nitrogens with zero attached hydrogens (tertiary/aromatic N) is 3. The fourth-order valence-electron chi connectivity index (χ4n) is 1.82. The van der Waals surface area contributed by atoms with Crippen LogP contribution in [0.2, 0.25) is 0 Å². The highest BCUT2D eigenvalue weighted by molar-refractivity contribution is 6.08. The van der Waals surface area contributed by atoms with Gasteiger partial charge in [-0.2, -0.15) is 5.10 Å². The van der Waals surface area contributed by atoms with Crippen LogP contribution in [-0.2, 0) is 7.05 Å². The molecule has 0 bridgehead atoms. The van der Waals surface area contributed by atoms with E-state index < -0.39 is 0 Å². The first-order valence-corrected chi connectivity index (χ1v) is 5.89. The second-order valence-electron chi connectivity index (χ2n) is 4.09. The fourth-order valence-corrected chi connectivity index (χ4v) is 1.82. The third-order valence-corrected chi connectivity index (χ3v) is 2.91. The van der Waals surface area contributed by atoms with Crippen molar-refractivity contribution in [1.82, 2.24) is 9.78 Å². The van der Waals surface area contributed by atoms with E-state index in [0.29, 0.717) is 23.6 Å². The van der Waals surface area contributed by atoms with Crippen LogP contribution in [0.4, 0.5) is 15.9 Å². The minimum Gasteiger partial charge on any atom is -0.383 e. The number of hydrogen-bond donors (Lipinski definition) is 1. The van der Waals surface area contributed by atoms with E-state index in [-0.39, 0.29) is 11.7 Å². The molecule has 0 aliphatic heterocycles. The van der Waals surface area contributed by atoms with Crippen molar-refractivity contribution in [3.05, 3.63) is 41.8 Å². The van der Waals surface area contributed by atoms with Crippen molar-refractivity contribution in [2.45, 2.75) is 6.92 Å². The van der Waals surface area contributed by atoms with Crippen molar-refractivity contribution in [3.63, 3.8) is 0 Å². The van der Waals surface area contributed by atoms with Gasteiger partial charge in [-0.3, -0.25) is 9.48 Å². The molecule has 5 nitrogen and oxygen atoms in total. The lowest BCUT2D eigenvalue weighted by Crippen LogP contribution is -2.31. The van der Waals surface area contributed by atoms with Gasteiger partial charge in [0.05, 0.1) is 6.20 Å². The molecule has 0 aliphatic rings.